The summed E-state index contributed by atoms with van der Waals surface area (Å²) >= 11 is 0. The third-order valence-electron chi connectivity index (χ3n) is 3.15. The van der Waals surface area contributed by atoms with Crippen molar-refractivity contribution in [3.8, 4) is 28.8 Å². The Labute approximate surface area is 133 Å². The molecule has 0 N–H and O–H groups in total. The van der Waals surface area contributed by atoms with Gasteiger partial charge in [-0.15, -0.1) is 0 Å². The largest absolute Gasteiger partial charge is 0.480 e. The summed E-state index contributed by atoms with van der Waals surface area (Å²) < 4.78 is 10.4. The highest BCUT2D eigenvalue weighted by molar-refractivity contribution is 5.67. The smallest absolute Gasteiger partial charge is 0.351 e. The van der Waals surface area contributed by atoms with Crippen molar-refractivity contribution < 1.29 is 9.15 Å². The van der Waals surface area contributed by atoms with Crippen LogP contribution < -0.4 is 10.4 Å². The van der Waals surface area contributed by atoms with E-state index >= 15 is 0 Å². The van der Waals surface area contributed by atoms with Gasteiger partial charge in [0.15, 0.2) is 0 Å². The van der Waals surface area contributed by atoms with Gasteiger partial charge in [-0.05, 0) is 23.6 Å². The average Bonchev–Trinajstić information content (AvgIpc) is 2.61. The van der Waals surface area contributed by atoms with E-state index in [9.17, 15) is 4.79 Å². The minimum Gasteiger partial charge on any atom is -0.480 e. The molecule has 1 aromatic heterocycles. The van der Waals surface area contributed by atoms with E-state index < -0.39 is 5.63 Å². The second kappa shape index (κ2) is 6.63. The highest BCUT2D eigenvalue weighted by Gasteiger charge is 2.15. The van der Waals surface area contributed by atoms with Crippen LogP contribution in [0, 0.1) is 11.8 Å². The number of hydrogen-bond acceptors (Lipinski definition) is 4. The molecular formula is C19H13NO3. The summed E-state index contributed by atoms with van der Waals surface area (Å²) in [5.41, 5.74) is 1.26. The zero-order valence-electron chi connectivity index (χ0n) is 12.4. The predicted molar refractivity (Wildman–Crippen MR) is 87.2 cm³/mol. The number of hydrogen-bond donors (Lipinski definition) is 0. The summed E-state index contributed by atoms with van der Waals surface area (Å²) in [6.07, 6.45) is 0. The lowest BCUT2D eigenvalue weighted by atomic mass is 10.1. The molecule has 4 heteroatoms. The van der Waals surface area contributed by atoms with Gasteiger partial charge >= 0.3 is 5.63 Å². The monoisotopic (exact) mass is 303 g/mol. The lowest BCUT2D eigenvalue weighted by Crippen LogP contribution is -2.09. The van der Waals surface area contributed by atoms with Gasteiger partial charge < -0.3 is 9.15 Å². The van der Waals surface area contributed by atoms with E-state index in [1.54, 1.807) is 12.1 Å². The molecule has 0 saturated carbocycles. The lowest BCUT2D eigenvalue weighted by Gasteiger charge is -2.05. The number of rotatable bonds is 2. The molecule has 0 atom stereocenters. The molecule has 3 aromatic rings. The highest BCUT2D eigenvalue weighted by Crippen LogP contribution is 2.24. The Bertz CT molecular complexity index is 920. The number of ether oxygens (including phenoxy) is 1. The van der Waals surface area contributed by atoms with Crippen molar-refractivity contribution >= 4 is 0 Å². The van der Waals surface area contributed by atoms with Crippen molar-refractivity contribution in [3.05, 3.63) is 82.5 Å². The fourth-order valence-corrected chi connectivity index (χ4v) is 2.09. The van der Waals surface area contributed by atoms with Gasteiger partial charge in [0.25, 0.3) is 5.89 Å². The van der Waals surface area contributed by atoms with Gasteiger partial charge in [0.1, 0.15) is 5.56 Å². The van der Waals surface area contributed by atoms with Crippen LogP contribution in [0.5, 0.6) is 5.88 Å². The molecule has 0 unspecified atom stereocenters. The van der Waals surface area contributed by atoms with Crippen LogP contribution in [0.4, 0.5) is 0 Å². The fourth-order valence-electron chi connectivity index (χ4n) is 2.09. The van der Waals surface area contributed by atoms with Crippen molar-refractivity contribution in [1.82, 2.24) is 4.98 Å². The van der Waals surface area contributed by atoms with Crippen LogP contribution in [0.15, 0.2) is 69.9 Å². The summed E-state index contributed by atoms with van der Waals surface area (Å²) in [5.74, 6) is 5.87. The Balaban J connectivity index is 2.05. The Morgan fingerprint density at radius 3 is 2.26 bits per heavy atom. The van der Waals surface area contributed by atoms with E-state index in [4.69, 9.17) is 9.15 Å². The summed E-state index contributed by atoms with van der Waals surface area (Å²) in [6, 6.07) is 18.5. The summed E-state index contributed by atoms with van der Waals surface area (Å²) in [5, 5.41) is 0. The lowest BCUT2D eigenvalue weighted by molar-refractivity contribution is 0.376. The quantitative estimate of drug-likeness (QED) is 0.683. The molecule has 4 nitrogen and oxygen atoms in total. The first kappa shape index (κ1) is 14.6. The van der Waals surface area contributed by atoms with Crippen molar-refractivity contribution in [1.29, 1.82) is 0 Å². The number of aromatic nitrogens is 1. The first-order valence-electron chi connectivity index (χ1n) is 6.99. The van der Waals surface area contributed by atoms with Crippen LogP contribution >= 0.6 is 0 Å². The molecule has 0 aliphatic rings. The maximum atomic E-state index is 12.3. The highest BCUT2D eigenvalue weighted by atomic mass is 16.5. The second-order valence-electron chi connectivity index (χ2n) is 4.67. The van der Waals surface area contributed by atoms with Gasteiger partial charge in [-0.3, -0.25) is 0 Å². The van der Waals surface area contributed by atoms with Gasteiger partial charge in [-0.2, -0.15) is 4.98 Å². The molecule has 23 heavy (non-hydrogen) atoms. The van der Waals surface area contributed by atoms with E-state index in [1.165, 1.54) is 7.11 Å². The molecule has 0 radical (unpaired) electrons. The zero-order chi connectivity index (χ0) is 16.1. The van der Waals surface area contributed by atoms with Gasteiger partial charge in [-0.25, -0.2) is 4.79 Å². The predicted octanol–water partition coefficient (Wildman–Crippen LogP) is 3.11. The van der Waals surface area contributed by atoms with Gasteiger partial charge in [0.2, 0.25) is 5.88 Å². The van der Waals surface area contributed by atoms with Crippen molar-refractivity contribution in [3.63, 3.8) is 0 Å². The van der Waals surface area contributed by atoms with Gasteiger partial charge in [0.05, 0.1) is 7.11 Å². The third-order valence-corrected chi connectivity index (χ3v) is 3.15. The number of benzene rings is 2. The molecule has 0 spiro atoms. The van der Waals surface area contributed by atoms with Crippen LogP contribution in [0.1, 0.15) is 11.5 Å². The van der Waals surface area contributed by atoms with Gasteiger partial charge in [0, 0.05) is 5.56 Å². The Kier molecular flexibility index (Phi) is 4.21. The van der Waals surface area contributed by atoms with Crippen molar-refractivity contribution in [2.45, 2.75) is 0 Å². The molecule has 0 bridgehead atoms. The van der Waals surface area contributed by atoms with E-state index in [0.717, 1.165) is 5.56 Å². The summed E-state index contributed by atoms with van der Waals surface area (Å²) in [6.45, 7) is 0. The minimum absolute atomic E-state index is 0.0235. The van der Waals surface area contributed by atoms with Crippen LogP contribution in [0.3, 0.4) is 0 Å². The zero-order valence-corrected chi connectivity index (χ0v) is 12.4. The normalized spacial score (nSPS) is 9.78. The van der Waals surface area contributed by atoms with Crippen LogP contribution in [-0.2, 0) is 0 Å². The molecule has 2 aromatic carbocycles. The average molecular weight is 303 g/mol. The standard InChI is InChI=1S/C19H13NO3/c1-22-18-17(15-10-6-3-7-11-15)19(21)23-16(20-18)13-12-14-8-4-2-5-9-14/h2-11H,1H3. The summed E-state index contributed by atoms with van der Waals surface area (Å²) in [4.78, 5) is 16.5. The van der Waals surface area contributed by atoms with E-state index in [0.29, 0.717) is 11.1 Å². The second-order valence-corrected chi connectivity index (χ2v) is 4.67. The topological polar surface area (TPSA) is 52.3 Å². The molecule has 0 amide bonds. The SMILES string of the molecule is COc1nc(C#Cc2ccccc2)oc(=O)c1-c1ccccc1. The first-order chi connectivity index (χ1) is 11.3. The minimum atomic E-state index is -0.527. The molecule has 0 aliphatic heterocycles. The number of nitrogens with zero attached hydrogens (tertiary/aromatic N) is 1. The van der Waals surface area contributed by atoms with Crippen LogP contribution in [-0.4, -0.2) is 12.1 Å². The Hall–Kier alpha value is -3.32. The number of methoxy groups -OCH3 is 1. The van der Waals surface area contributed by atoms with Crippen LogP contribution in [0.2, 0.25) is 0 Å². The van der Waals surface area contributed by atoms with E-state index in [-0.39, 0.29) is 11.8 Å². The third kappa shape index (κ3) is 3.30. The molecule has 0 aliphatic carbocycles. The first-order valence-corrected chi connectivity index (χ1v) is 6.99. The van der Waals surface area contributed by atoms with Crippen LogP contribution in [0.25, 0.3) is 11.1 Å². The molecule has 0 saturated heterocycles. The van der Waals surface area contributed by atoms with Gasteiger partial charge in [-0.1, -0.05) is 54.5 Å². The van der Waals surface area contributed by atoms with E-state index in [2.05, 4.69) is 16.8 Å². The molecule has 1 heterocycles. The molecule has 0 fully saturated rings. The Morgan fingerprint density at radius 1 is 0.957 bits per heavy atom. The molecular weight excluding hydrogens is 290 g/mol. The van der Waals surface area contributed by atoms with Crippen molar-refractivity contribution in [2.75, 3.05) is 7.11 Å². The molecule has 3 rings (SSSR count). The summed E-state index contributed by atoms with van der Waals surface area (Å²) in [7, 11) is 1.46. The molecule has 112 valence electrons. The fraction of sp³-hybridized carbons (Fsp3) is 0.0526. The van der Waals surface area contributed by atoms with E-state index in [1.807, 2.05) is 48.5 Å². The Morgan fingerprint density at radius 2 is 1.61 bits per heavy atom. The maximum Gasteiger partial charge on any atom is 0.351 e. The maximum absolute atomic E-state index is 12.3. The van der Waals surface area contributed by atoms with Crippen molar-refractivity contribution in [2.24, 2.45) is 0 Å².